The van der Waals surface area contributed by atoms with Crippen LogP contribution in [0.25, 0.3) is 0 Å². The summed E-state index contributed by atoms with van der Waals surface area (Å²) in [6, 6.07) is 0. The third-order valence-electron chi connectivity index (χ3n) is 0. The zero-order valence-corrected chi connectivity index (χ0v) is 6.76. The van der Waals surface area contributed by atoms with Gasteiger partial charge in [-0.05, 0) is 0 Å². The molecule has 4 heavy (non-hydrogen) atoms. The van der Waals surface area contributed by atoms with Gasteiger partial charge in [0.2, 0.25) is 0 Å². The third kappa shape index (κ3) is 10.7. The molecular weight excluding hydrogens is 176 g/mol. The number of rotatable bonds is 0. The molecule has 0 bridgehead atoms. The standard InChI is InChI=1S/CHN.HI.Na.H/c1-2;;;/h1H;1H;;/q;;+1;-1. The van der Waals surface area contributed by atoms with Crippen LogP contribution in [0.15, 0.2) is 0 Å². The van der Waals surface area contributed by atoms with Crippen molar-refractivity contribution in [3.05, 3.63) is 0 Å². The first-order valence-electron chi connectivity index (χ1n) is 0.258. The number of nitriles is 1. The van der Waals surface area contributed by atoms with Gasteiger partial charge in [0.25, 0.3) is 0 Å². The van der Waals surface area contributed by atoms with Crippen LogP contribution in [0.1, 0.15) is 1.43 Å². The van der Waals surface area contributed by atoms with E-state index in [0.29, 0.717) is 0 Å². The van der Waals surface area contributed by atoms with Crippen LogP contribution in [-0.2, 0) is 0 Å². The predicted molar refractivity (Wildman–Crippen MR) is 23.2 cm³/mol. The first-order chi connectivity index (χ1) is 1.00. The summed E-state index contributed by atoms with van der Waals surface area (Å²) in [5, 5.41) is 6.50. The molecule has 20 valence electrons. The van der Waals surface area contributed by atoms with Gasteiger partial charge in [-0.2, -0.15) is 0 Å². The Morgan fingerprint density at radius 1 is 1.50 bits per heavy atom. The van der Waals surface area contributed by atoms with Gasteiger partial charge in [-0.25, -0.2) is 5.26 Å². The van der Waals surface area contributed by atoms with E-state index in [1.807, 2.05) is 0 Å². The van der Waals surface area contributed by atoms with Crippen molar-refractivity contribution < 1.29 is 31.0 Å². The van der Waals surface area contributed by atoms with Crippen LogP contribution < -0.4 is 29.6 Å². The molecule has 0 aromatic heterocycles. The first kappa shape index (κ1) is 18.9. The normalized spacial score (nSPS) is 0.500. The molecule has 0 aliphatic carbocycles. The number of hydrogen-bond acceptors (Lipinski definition) is 1. The Morgan fingerprint density at radius 3 is 1.50 bits per heavy atom. The third-order valence-corrected chi connectivity index (χ3v) is 0. The minimum atomic E-state index is 0. The smallest absolute Gasteiger partial charge is 1.00 e. The fraction of sp³-hybridized carbons (Fsp3) is 0. The van der Waals surface area contributed by atoms with Gasteiger partial charge in [0.1, 0.15) is 0 Å². The SMILES string of the molecule is C#N.I.[H-].[Na+]. The van der Waals surface area contributed by atoms with E-state index in [2.05, 4.69) is 6.57 Å². The molecular formula is CH3INNa. The molecule has 0 aromatic carbocycles. The second-order valence-corrected chi connectivity index (χ2v) is 0. The Labute approximate surface area is 66.2 Å². The molecule has 0 saturated carbocycles. The van der Waals surface area contributed by atoms with Gasteiger partial charge >= 0.3 is 29.6 Å². The average molecular weight is 179 g/mol. The van der Waals surface area contributed by atoms with Crippen molar-refractivity contribution in [1.82, 2.24) is 0 Å². The molecule has 0 rings (SSSR count). The summed E-state index contributed by atoms with van der Waals surface area (Å²) in [4.78, 5) is 0. The topological polar surface area (TPSA) is 23.8 Å². The molecule has 0 N–H and O–H groups in total. The van der Waals surface area contributed by atoms with Crippen molar-refractivity contribution in [1.29, 1.82) is 5.26 Å². The maximum atomic E-state index is 6.50. The zero-order valence-electron chi connectivity index (χ0n) is 3.43. The van der Waals surface area contributed by atoms with Gasteiger partial charge in [0, 0.05) is 6.57 Å². The summed E-state index contributed by atoms with van der Waals surface area (Å²) in [6.07, 6.45) is 0. The monoisotopic (exact) mass is 179 g/mol. The van der Waals surface area contributed by atoms with Crippen molar-refractivity contribution in [3.8, 4) is 6.57 Å². The zero-order chi connectivity index (χ0) is 2.00. The Bertz CT molecular complexity index is 16.4. The Hall–Kier alpha value is 1.22. The van der Waals surface area contributed by atoms with Crippen molar-refractivity contribution in [2.24, 2.45) is 0 Å². The molecule has 0 aliphatic heterocycles. The van der Waals surface area contributed by atoms with Gasteiger partial charge in [-0.15, -0.1) is 24.0 Å². The van der Waals surface area contributed by atoms with E-state index in [1.165, 1.54) is 0 Å². The van der Waals surface area contributed by atoms with Crippen LogP contribution in [0.3, 0.4) is 0 Å². The number of hydrogen-bond donors (Lipinski definition) is 0. The quantitative estimate of drug-likeness (QED) is 0.308. The van der Waals surface area contributed by atoms with E-state index in [4.69, 9.17) is 5.26 Å². The summed E-state index contributed by atoms with van der Waals surface area (Å²) < 4.78 is 0. The van der Waals surface area contributed by atoms with Gasteiger partial charge in [0.15, 0.2) is 0 Å². The number of halogens is 1. The van der Waals surface area contributed by atoms with E-state index < -0.39 is 0 Å². The summed E-state index contributed by atoms with van der Waals surface area (Å²) in [6.45, 7) is 3.50. The van der Waals surface area contributed by atoms with E-state index in [0.717, 1.165) is 0 Å². The van der Waals surface area contributed by atoms with E-state index in [1.54, 1.807) is 0 Å². The molecule has 0 saturated heterocycles. The van der Waals surface area contributed by atoms with Gasteiger partial charge in [0.05, 0.1) is 0 Å². The van der Waals surface area contributed by atoms with Gasteiger partial charge < -0.3 is 1.43 Å². The van der Waals surface area contributed by atoms with Crippen molar-refractivity contribution in [3.63, 3.8) is 0 Å². The second kappa shape index (κ2) is 29.4. The molecule has 0 unspecified atom stereocenters. The molecule has 0 aromatic rings. The van der Waals surface area contributed by atoms with Gasteiger partial charge in [-0.3, -0.25) is 0 Å². The van der Waals surface area contributed by atoms with Crippen LogP contribution in [0.5, 0.6) is 0 Å². The summed E-state index contributed by atoms with van der Waals surface area (Å²) in [7, 11) is 0. The minimum Gasteiger partial charge on any atom is -1.00 e. The van der Waals surface area contributed by atoms with Crippen molar-refractivity contribution >= 4 is 24.0 Å². The molecule has 0 amide bonds. The molecule has 0 heterocycles. The van der Waals surface area contributed by atoms with Crippen LogP contribution in [0, 0.1) is 11.8 Å². The Morgan fingerprint density at radius 2 is 1.50 bits per heavy atom. The Balaban J connectivity index is -0.00000000167. The average Bonchev–Trinajstić information content (AvgIpc) is 1.00. The predicted octanol–water partition coefficient (Wildman–Crippen LogP) is -2.13. The van der Waals surface area contributed by atoms with E-state index >= 15 is 0 Å². The van der Waals surface area contributed by atoms with E-state index in [-0.39, 0.29) is 55.0 Å². The van der Waals surface area contributed by atoms with Crippen LogP contribution in [-0.4, -0.2) is 0 Å². The molecule has 0 atom stereocenters. The number of nitrogens with zero attached hydrogens (tertiary/aromatic N) is 1. The fourth-order valence-electron chi connectivity index (χ4n) is 0. The first-order valence-corrected chi connectivity index (χ1v) is 0.258. The molecule has 0 radical (unpaired) electrons. The second-order valence-electron chi connectivity index (χ2n) is 0. The van der Waals surface area contributed by atoms with Crippen LogP contribution >= 0.6 is 24.0 Å². The summed E-state index contributed by atoms with van der Waals surface area (Å²) in [5.41, 5.74) is 0. The molecule has 0 fully saturated rings. The van der Waals surface area contributed by atoms with Crippen molar-refractivity contribution in [2.45, 2.75) is 0 Å². The van der Waals surface area contributed by atoms with Gasteiger partial charge in [-0.1, -0.05) is 0 Å². The molecule has 3 heteroatoms. The summed E-state index contributed by atoms with van der Waals surface area (Å²) >= 11 is 0. The van der Waals surface area contributed by atoms with Crippen molar-refractivity contribution in [2.75, 3.05) is 0 Å². The molecule has 0 aliphatic rings. The Kier molecular flexibility index (Phi) is 139. The molecule has 1 nitrogen and oxygen atoms in total. The maximum absolute atomic E-state index is 6.50. The van der Waals surface area contributed by atoms with Crippen LogP contribution in [0.2, 0.25) is 0 Å². The summed E-state index contributed by atoms with van der Waals surface area (Å²) in [5.74, 6) is 0. The minimum absolute atomic E-state index is 0. The van der Waals surface area contributed by atoms with Crippen LogP contribution in [0.4, 0.5) is 0 Å². The molecule has 0 spiro atoms. The fourth-order valence-corrected chi connectivity index (χ4v) is 0. The largest absolute Gasteiger partial charge is 1.00 e. The maximum Gasteiger partial charge on any atom is 1.00 e. The van der Waals surface area contributed by atoms with E-state index in [9.17, 15) is 0 Å².